The van der Waals surface area contributed by atoms with Crippen LogP contribution in [0.4, 0.5) is 4.79 Å². The molecule has 0 radical (unpaired) electrons. The number of rotatable bonds is 4. The minimum Gasteiger partial charge on any atom is -0.458 e. The molecule has 31 heavy (non-hydrogen) atoms. The van der Waals surface area contributed by atoms with Crippen molar-refractivity contribution in [2.75, 3.05) is 6.54 Å². The summed E-state index contributed by atoms with van der Waals surface area (Å²) in [6, 6.07) is 7.28. The number of nitrogens with one attached hydrogen (secondary N) is 1. The van der Waals surface area contributed by atoms with Gasteiger partial charge in [0.05, 0.1) is 0 Å². The standard InChI is InChI=1S/C22H29N3O6/c1-22(2,3)31-20(28)17-10-7-13-24-18(26)12-11-16(19(27)25(17)24)23-21(29)30-14-15-8-5-4-6-9-15/h4-6,8-9,16-17H,7,10-14H2,1-3H3,(H,23,29). The minimum atomic E-state index is -0.972. The number of carbonyl (C=O) groups excluding carboxylic acids is 4. The maximum Gasteiger partial charge on any atom is 0.408 e. The van der Waals surface area contributed by atoms with Gasteiger partial charge in [0.1, 0.15) is 18.2 Å². The van der Waals surface area contributed by atoms with Crippen LogP contribution in [0, 0.1) is 0 Å². The van der Waals surface area contributed by atoms with Gasteiger partial charge >= 0.3 is 12.1 Å². The van der Waals surface area contributed by atoms with Crippen molar-refractivity contribution in [1.29, 1.82) is 0 Å². The molecule has 0 bridgehead atoms. The van der Waals surface area contributed by atoms with Gasteiger partial charge in [0, 0.05) is 13.0 Å². The molecule has 2 fully saturated rings. The van der Waals surface area contributed by atoms with E-state index in [0.717, 1.165) is 5.56 Å². The first-order valence-electron chi connectivity index (χ1n) is 10.5. The SMILES string of the molecule is CC(C)(C)OC(=O)C1CCCN2C(=O)CCC(NC(=O)OCc3ccccc3)C(=O)N12. The summed E-state index contributed by atoms with van der Waals surface area (Å²) < 4.78 is 10.7. The van der Waals surface area contributed by atoms with E-state index in [1.807, 2.05) is 30.3 Å². The zero-order valence-electron chi connectivity index (χ0n) is 18.1. The van der Waals surface area contributed by atoms with Crippen LogP contribution in [0.2, 0.25) is 0 Å². The van der Waals surface area contributed by atoms with Crippen LogP contribution in [0.25, 0.3) is 0 Å². The van der Waals surface area contributed by atoms with Gasteiger partial charge in [0.2, 0.25) is 5.91 Å². The lowest BCUT2D eigenvalue weighted by molar-refractivity contribution is -0.187. The summed E-state index contributed by atoms with van der Waals surface area (Å²) in [5.41, 5.74) is 0.0872. The first kappa shape index (κ1) is 22.6. The Morgan fingerprint density at radius 3 is 2.52 bits per heavy atom. The molecule has 2 unspecified atom stereocenters. The highest BCUT2D eigenvalue weighted by Gasteiger charge is 2.45. The van der Waals surface area contributed by atoms with Gasteiger partial charge in [0.15, 0.2) is 6.04 Å². The van der Waals surface area contributed by atoms with Gasteiger partial charge in [-0.05, 0) is 45.6 Å². The second kappa shape index (κ2) is 9.36. The number of nitrogens with zero attached hydrogens (tertiary/aromatic N) is 2. The summed E-state index contributed by atoms with van der Waals surface area (Å²) in [7, 11) is 0. The van der Waals surface area contributed by atoms with Crippen molar-refractivity contribution in [3.8, 4) is 0 Å². The molecular weight excluding hydrogens is 402 g/mol. The Kier molecular flexibility index (Phi) is 6.82. The number of carbonyl (C=O) groups is 4. The number of benzene rings is 1. The summed E-state index contributed by atoms with van der Waals surface area (Å²) in [4.78, 5) is 50.9. The van der Waals surface area contributed by atoms with Gasteiger partial charge in [0.25, 0.3) is 5.91 Å². The largest absolute Gasteiger partial charge is 0.458 e. The average molecular weight is 431 g/mol. The van der Waals surface area contributed by atoms with Gasteiger partial charge in [-0.25, -0.2) is 14.6 Å². The zero-order valence-corrected chi connectivity index (χ0v) is 18.1. The molecule has 2 aliphatic heterocycles. The summed E-state index contributed by atoms with van der Waals surface area (Å²) in [5.74, 6) is -1.34. The third-order valence-corrected chi connectivity index (χ3v) is 5.05. The van der Waals surface area contributed by atoms with Crippen LogP contribution in [0.5, 0.6) is 0 Å². The maximum atomic E-state index is 13.3. The molecule has 0 aromatic heterocycles. The number of ether oxygens (including phenoxy) is 2. The molecule has 2 heterocycles. The molecule has 2 aliphatic rings. The number of hydrogen-bond acceptors (Lipinski definition) is 6. The summed E-state index contributed by atoms with van der Waals surface area (Å²) >= 11 is 0. The van der Waals surface area contributed by atoms with E-state index < -0.39 is 35.7 Å². The Hall–Kier alpha value is -3.10. The van der Waals surface area contributed by atoms with Gasteiger partial charge < -0.3 is 14.8 Å². The van der Waals surface area contributed by atoms with E-state index in [0.29, 0.717) is 19.4 Å². The van der Waals surface area contributed by atoms with E-state index in [1.54, 1.807) is 20.8 Å². The quantitative estimate of drug-likeness (QED) is 0.733. The van der Waals surface area contributed by atoms with Crippen molar-refractivity contribution in [1.82, 2.24) is 15.3 Å². The van der Waals surface area contributed by atoms with Gasteiger partial charge in [-0.15, -0.1) is 0 Å². The van der Waals surface area contributed by atoms with E-state index in [1.165, 1.54) is 10.0 Å². The molecule has 9 nitrogen and oxygen atoms in total. The van der Waals surface area contributed by atoms with Crippen molar-refractivity contribution < 1.29 is 28.7 Å². The fraction of sp³-hybridized carbons (Fsp3) is 0.545. The zero-order chi connectivity index (χ0) is 22.6. The molecule has 3 rings (SSSR count). The van der Waals surface area contributed by atoms with Crippen molar-refractivity contribution in [2.45, 2.75) is 70.7 Å². The summed E-state index contributed by atoms with van der Waals surface area (Å²) in [6.45, 7) is 5.63. The number of amides is 3. The monoisotopic (exact) mass is 431 g/mol. The fourth-order valence-electron chi connectivity index (χ4n) is 3.66. The molecular formula is C22H29N3O6. The lowest BCUT2D eigenvalue weighted by atomic mass is 10.1. The third-order valence-electron chi connectivity index (χ3n) is 5.05. The van der Waals surface area contributed by atoms with E-state index in [9.17, 15) is 19.2 Å². The van der Waals surface area contributed by atoms with Crippen molar-refractivity contribution in [3.63, 3.8) is 0 Å². The molecule has 2 saturated heterocycles. The van der Waals surface area contributed by atoms with Crippen LogP contribution in [-0.2, 0) is 30.5 Å². The van der Waals surface area contributed by atoms with Crippen molar-refractivity contribution in [3.05, 3.63) is 35.9 Å². The number of hydrogen-bond donors (Lipinski definition) is 1. The molecule has 1 aromatic carbocycles. The number of fused-ring (bicyclic) bond motifs is 1. The van der Waals surface area contributed by atoms with Crippen LogP contribution in [-0.4, -0.2) is 58.1 Å². The topological polar surface area (TPSA) is 105 Å². The van der Waals surface area contributed by atoms with Crippen molar-refractivity contribution >= 4 is 23.9 Å². The fourth-order valence-corrected chi connectivity index (χ4v) is 3.66. The number of alkyl carbamates (subject to hydrolysis) is 1. The highest BCUT2D eigenvalue weighted by Crippen LogP contribution is 2.26. The van der Waals surface area contributed by atoms with E-state index in [2.05, 4.69) is 5.32 Å². The predicted molar refractivity (Wildman–Crippen MR) is 110 cm³/mol. The highest BCUT2D eigenvalue weighted by atomic mass is 16.6. The molecule has 1 N–H and O–H groups in total. The van der Waals surface area contributed by atoms with Crippen LogP contribution >= 0.6 is 0 Å². The lowest BCUT2D eigenvalue weighted by Gasteiger charge is -2.43. The highest BCUT2D eigenvalue weighted by molar-refractivity contribution is 5.93. The molecule has 0 spiro atoms. The van der Waals surface area contributed by atoms with Gasteiger partial charge in [-0.3, -0.25) is 14.6 Å². The molecule has 3 amide bonds. The number of hydrazine groups is 1. The molecule has 168 valence electrons. The van der Waals surface area contributed by atoms with E-state index in [-0.39, 0.29) is 25.4 Å². The van der Waals surface area contributed by atoms with Gasteiger partial charge in [-0.2, -0.15) is 0 Å². The Morgan fingerprint density at radius 2 is 1.84 bits per heavy atom. The van der Waals surface area contributed by atoms with Crippen LogP contribution in [0.15, 0.2) is 30.3 Å². The Labute approximate surface area is 181 Å². The van der Waals surface area contributed by atoms with Crippen LogP contribution in [0.3, 0.4) is 0 Å². The second-order valence-corrected chi connectivity index (χ2v) is 8.69. The second-order valence-electron chi connectivity index (χ2n) is 8.69. The van der Waals surface area contributed by atoms with Crippen LogP contribution in [0.1, 0.15) is 52.0 Å². The van der Waals surface area contributed by atoms with E-state index >= 15 is 0 Å². The van der Waals surface area contributed by atoms with Gasteiger partial charge in [-0.1, -0.05) is 30.3 Å². The van der Waals surface area contributed by atoms with Crippen molar-refractivity contribution in [2.24, 2.45) is 0 Å². The minimum absolute atomic E-state index is 0.0584. The normalized spacial score (nSPS) is 21.8. The predicted octanol–water partition coefficient (Wildman–Crippen LogP) is 2.15. The average Bonchev–Trinajstić information content (AvgIpc) is 2.84. The lowest BCUT2D eigenvalue weighted by Crippen LogP contribution is -2.62. The molecule has 2 atom stereocenters. The molecule has 1 aromatic rings. The van der Waals surface area contributed by atoms with Crippen LogP contribution < -0.4 is 5.32 Å². The maximum absolute atomic E-state index is 13.3. The Bertz CT molecular complexity index is 835. The summed E-state index contributed by atoms with van der Waals surface area (Å²) in [5, 5.41) is 5.05. The molecule has 0 aliphatic carbocycles. The Balaban J connectivity index is 1.71. The smallest absolute Gasteiger partial charge is 0.408 e. The molecule has 0 saturated carbocycles. The first-order chi connectivity index (χ1) is 14.7. The third kappa shape index (κ3) is 5.74. The number of esters is 1. The Morgan fingerprint density at radius 1 is 1.13 bits per heavy atom. The first-order valence-corrected chi connectivity index (χ1v) is 10.5. The van der Waals surface area contributed by atoms with E-state index in [4.69, 9.17) is 9.47 Å². The summed E-state index contributed by atoms with van der Waals surface area (Å²) in [6.07, 6.45) is 0.416. The molecule has 9 heteroatoms.